The molecule has 0 saturated heterocycles. The molecule has 7 heteroatoms. The number of benzene rings is 1. The third-order valence-electron chi connectivity index (χ3n) is 3.35. The van der Waals surface area contributed by atoms with Gasteiger partial charge in [0.1, 0.15) is 0 Å². The number of aryl methyl sites for hydroxylation is 2. The van der Waals surface area contributed by atoms with E-state index in [-0.39, 0.29) is 5.56 Å². The van der Waals surface area contributed by atoms with Gasteiger partial charge in [0.25, 0.3) is 0 Å². The molecular formula is C17H16N5O2+. The number of hydrogen-bond donors (Lipinski definition) is 2. The Hall–Kier alpha value is -3.35. The number of nitrogens with one attached hydrogen (secondary N) is 1. The van der Waals surface area contributed by atoms with Crippen LogP contribution in [0, 0.1) is 13.8 Å². The summed E-state index contributed by atoms with van der Waals surface area (Å²) in [5.74, 6) is 0.422. The van der Waals surface area contributed by atoms with Gasteiger partial charge in [-0.05, 0) is 36.2 Å². The Morgan fingerprint density at radius 1 is 1.00 bits per heavy atom. The largest absolute Gasteiger partial charge is 0.478 e. The SMILES string of the molecule is Cc1ccc(Nc2nc(C)nc(-[n+]3ccc(C(=O)O)cc3)n2)cc1. The van der Waals surface area contributed by atoms with E-state index in [9.17, 15) is 4.79 Å². The molecule has 0 atom stereocenters. The lowest BCUT2D eigenvalue weighted by Gasteiger charge is -2.03. The molecule has 2 aromatic heterocycles. The molecule has 0 spiro atoms. The highest BCUT2D eigenvalue weighted by Gasteiger charge is 2.16. The molecule has 120 valence electrons. The fraction of sp³-hybridized carbons (Fsp3) is 0.118. The lowest BCUT2D eigenvalue weighted by molar-refractivity contribution is -0.603. The molecule has 7 nitrogen and oxygen atoms in total. The highest BCUT2D eigenvalue weighted by molar-refractivity contribution is 5.87. The Kier molecular flexibility index (Phi) is 4.15. The topological polar surface area (TPSA) is 91.9 Å². The second-order valence-corrected chi connectivity index (χ2v) is 5.30. The highest BCUT2D eigenvalue weighted by Crippen LogP contribution is 2.13. The summed E-state index contributed by atoms with van der Waals surface area (Å²) in [6.45, 7) is 3.80. The molecule has 2 heterocycles. The summed E-state index contributed by atoms with van der Waals surface area (Å²) < 4.78 is 1.64. The number of carboxylic acid groups (broad SMARTS) is 1. The lowest BCUT2D eigenvalue weighted by Crippen LogP contribution is -2.33. The number of aromatic nitrogens is 4. The maximum Gasteiger partial charge on any atom is 0.442 e. The van der Waals surface area contributed by atoms with Crippen LogP contribution in [0.5, 0.6) is 0 Å². The van der Waals surface area contributed by atoms with Crippen LogP contribution in [0.1, 0.15) is 21.7 Å². The monoisotopic (exact) mass is 322 g/mol. The van der Waals surface area contributed by atoms with Crippen LogP contribution >= 0.6 is 0 Å². The standard InChI is InChI=1S/C17H15N5O2/c1-11-3-5-14(6-4-11)20-16-18-12(2)19-17(21-16)22-9-7-13(8-10-22)15(23)24/h3-10H,1-2H3,(H-,18,19,20,21,23,24)/p+1. The lowest BCUT2D eigenvalue weighted by atomic mass is 10.2. The predicted octanol–water partition coefficient (Wildman–Crippen LogP) is 2.21. The highest BCUT2D eigenvalue weighted by atomic mass is 16.4. The van der Waals surface area contributed by atoms with E-state index in [2.05, 4.69) is 20.3 Å². The minimum absolute atomic E-state index is 0.204. The van der Waals surface area contributed by atoms with Crippen LogP contribution < -0.4 is 9.88 Å². The summed E-state index contributed by atoms with van der Waals surface area (Å²) in [6.07, 6.45) is 3.21. The van der Waals surface area contributed by atoms with Crippen LogP contribution in [-0.2, 0) is 0 Å². The van der Waals surface area contributed by atoms with Crippen LogP contribution in [-0.4, -0.2) is 26.0 Å². The molecule has 0 aliphatic rings. The van der Waals surface area contributed by atoms with Gasteiger partial charge >= 0.3 is 17.9 Å². The molecule has 0 bridgehead atoms. The summed E-state index contributed by atoms with van der Waals surface area (Å²) in [5.41, 5.74) is 2.25. The molecule has 0 radical (unpaired) electrons. The molecular weight excluding hydrogens is 306 g/mol. The van der Waals surface area contributed by atoms with Gasteiger partial charge in [-0.1, -0.05) is 22.7 Å². The summed E-state index contributed by atoms with van der Waals surface area (Å²) in [6, 6.07) is 10.9. The first-order chi connectivity index (χ1) is 11.5. The van der Waals surface area contributed by atoms with Gasteiger partial charge in [-0.2, -0.15) is 4.98 Å². The third kappa shape index (κ3) is 3.52. The maximum atomic E-state index is 10.9. The van der Waals surface area contributed by atoms with Crippen molar-refractivity contribution in [1.82, 2.24) is 15.0 Å². The first-order valence-electron chi connectivity index (χ1n) is 7.32. The number of hydrogen-bond acceptors (Lipinski definition) is 5. The van der Waals surface area contributed by atoms with Crippen molar-refractivity contribution in [2.75, 3.05) is 5.32 Å². The van der Waals surface area contributed by atoms with Crippen molar-refractivity contribution in [3.8, 4) is 5.95 Å². The van der Waals surface area contributed by atoms with E-state index in [0.29, 0.717) is 17.7 Å². The number of carbonyl (C=O) groups is 1. The van der Waals surface area contributed by atoms with E-state index in [1.807, 2.05) is 31.2 Å². The molecule has 0 aliphatic carbocycles. The number of aromatic carboxylic acids is 1. The number of anilines is 2. The third-order valence-corrected chi connectivity index (χ3v) is 3.35. The first kappa shape index (κ1) is 15.5. The number of nitrogens with zero attached hydrogens (tertiary/aromatic N) is 4. The van der Waals surface area contributed by atoms with Crippen molar-refractivity contribution >= 4 is 17.6 Å². The van der Waals surface area contributed by atoms with E-state index in [1.54, 1.807) is 23.9 Å². The molecule has 24 heavy (non-hydrogen) atoms. The van der Waals surface area contributed by atoms with Gasteiger partial charge in [0, 0.05) is 12.6 Å². The van der Waals surface area contributed by atoms with Crippen LogP contribution in [0.25, 0.3) is 5.95 Å². The minimum atomic E-state index is -0.976. The zero-order valence-electron chi connectivity index (χ0n) is 13.3. The number of carboxylic acids is 1. The molecule has 0 aliphatic heterocycles. The molecule has 3 aromatic rings. The fourth-order valence-corrected chi connectivity index (χ4v) is 2.11. The Bertz CT molecular complexity index is 876. The summed E-state index contributed by atoms with van der Waals surface area (Å²) in [4.78, 5) is 23.9. The number of pyridine rings is 1. The van der Waals surface area contributed by atoms with E-state index in [4.69, 9.17) is 5.11 Å². The zero-order valence-corrected chi connectivity index (χ0v) is 13.3. The summed E-state index contributed by atoms with van der Waals surface area (Å²) in [5, 5.41) is 12.1. The Morgan fingerprint density at radius 3 is 2.29 bits per heavy atom. The maximum absolute atomic E-state index is 10.9. The van der Waals surface area contributed by atoms with Gasteiger partial charge in [0.2, 0.25) is 5.82 Å². The van der Waals surface area contributed by atoms with Crippen molar-refractivity contribution < 1.29 is 14.5 Å². The van der Waals surface area contributed by atoms with Gasteiger partial charge in [-0.15, -0.1) is 0 Å². The van der Waals surface area contributed by atoms with Gasteiger partial charge in [-0.25, -0.2) is 9.36 Å². The van der Waals surface area contributed by atoms with Crippen molar-refractivity contribution in [2.24, 2.45) is 0 Å². The van der Waals surface area contributed by atoms with E-state index in [0.717, 1.165) is 5.69 Å². The van der Waals surface area contributed by atoms with Gasteiger partial charge in [-0.3, -0.25) is 0 Å². The van der Waals surface area contributed by atoms with Crippen LogP contribution in [0.3, 0.4) is 0 Å². The average molecular weight is 322 g/mol. The van der Waals surface area contributed by atoms with Gasteiger partial charge in [0.15, 0.2) is 0 Å². The van der Waals surface area contributed by atoms with Crippen molar-refractivity contribution in [3.63, 3.8) is 0 Å². The summed E-state index contributed by atoms with van der Waals surface area (Å²) in [7, 11) is 0. The first-order valence-corrected chi connectivity index (χ1v) is 7.32. The number of rotatable bonds is 4. The molecule has 2 N–H and O–H groups in total. The summed E-state index contributed by atoms with van der Waals surface area (Å²) >= 11 is 0. The van der Waals surface area contributed by atoms with Gasteiger partial charge in [0.05, 0.1) is 18.0 Å². The molecule has 0 fully saturated rings. The Morgan fingerprint density at radius 2 is 1.67 bits per heavy atom. The molecule has 0 saturated carbocycles. The van der Waals surface area contributed by atoms with E-state index < -0.39 is 5.97 Å². The second kappa shape index (κ2) is 6.41. The van der Waals surface area contributed by atoms with Gasteiger partial charge < -0.3 is 10.4 Å². The van der Waals surface area contributed by atoms with E-state index >= 15 is 0 Å². The molecule has 1 aromatic carbocycles. The second-order valence-electron chi connectivity index (χ2n) is 5.30. The van der Waals surface area contributed by atoms with Crippen molar-refractivity contribution in [2.45, 2.75) is 13.8 Å². The van der Waals surface area contributed by atoms with Crippen molar-refractivity contribution in [1.29, 1.82) is 0 Å². The quantitative estimate of drug-likeness (QED) is 0.716. The van der Waals surface area contributed by atoms with Crippen LogP contribution in [0.4, 0.5) is 11.6 Å². The molecule has 0 unspecified atom stereocenters. The fourth-order valence-electron chi connectivity index (χ4n) is 2.11. The van der Waals surface area contributed by atoms with Crippen LogP contribution in [0.15, 0.2) is 48.8 Å². The zero-order chi connectivity index (χ0) is 17.1. The van der Waals surface area contributed by atoms with Crippen molar-refractivity contribution in [3.05, 3.63) is 65.7 Å². The molecule has 0 amide bonds. The Balaban J connectivity index is 1.90. The normalized spacial score (nSPS) is 10.4. The van der Waals surface area contributed by atoms with E-state index in [1.165, 1.54) is 17.7 Å². The van der Waals surface area contributed by atoms with Crippen LogP contribution in [0.2, 0.25) is 0 Å². The Labute approximate surface area is 138 Å². The smallest absolute Gasteiger partial charge is 0.442 e. The average Bonchev–Trinajstić information content (AvgIpc) is 2.56. The molecule has 3 rings (SSSR count). The minimum Gasteiger partial charge on any atom is -0.478 e. The predicted molar refractivity (Wildman–Crippen MR) is 87.5 cm³/mol.